The van der Waals surface area contributed by atoms with Crippen LogP contribution in [0.25, 0.3) is 27.8 Å². The fraction of sp³-hybridized carbons (Fsp3) is 0.217. The van der Waals surface area contributed by atoms with E-state index in [0.29, 0.717) is 0 Å². The van der Waals surface area contributed by atoms with E-state index < -0.39 is 0 Å². The third-order valence-corrected chi connectivity index (χ3v) is 5.23. The van der Waals surface area contributed by atoms with Crippen LogP contribution in [0, 0.1) is 6.92 Å². The lowest BCUT2D eigenvalue weighted by atomic mass is 10.1. The number of benzene rings is 3. The first kappa shape index (κ1) is 16.2. The number of hydrogen-bond acceptors (Lipinski definition) is 3. The first-order valence-electron chi connectivity index (χ1n) is 9.44. The smallest absolute Gasteiger partial charge is 0.239 e. The fourth-order valence-corrected chi connectivity index (χ4v) is 3.78. The lowest BCUT2D eigenvalue weighted by Crippen LogP contribution is -2.37. The van der Waals surface area contributed by atoms with Gasteiger partial charge in [0.25, 0.3) is 0 Å². The summed E-state index contributed by atoms with van der Waals surface area (Å²) in [6.07, 6.45) is 0. The summed E-state index contributed by atoms with van der Waals surface area (Å²) in [5.74, 6) is 0. The molecule has 4 aromatic rings. The molecule has 0 bridgehead atoms. The van der Waals surface area contributed by atoms with Crippen molar-refractivity contribution in [3.8, 4) is 5.69 Å². The zero-order chi connectivity index (χ0) is 18.2. The van der Waals surface area contributed by atoms with E-state index in [9.17, 15) is 0 Å². The molecule has 27 heavy (non-hydrogen) atoms. The van der Waals surface area contributed by atoms with E-state index in [4.69, 9.17) is 9.72 Å². The molecule has 0 amide bonds. The van der Waals surface area contributed by atoms with Gasteiger partial charge in [-0.25, -0.2) is 4.98 Å². The first-order valence-corrected chi connectivity index (χ1v) is 9.44. The quantitative estimate of drug-likeness (QED) is 0.404. The van der Waals surface area contributed by atoms with E-state index in [0.717, 1.165) is 54.1 Å². The molecule has 134 valence electrons. The molecule has 4 nitrogen and oxygen atoms in total. The van der Waals surface area contributed by atoms with Gasteiger partial charge in [-0.1, -0.05) is 29.8 Å². The summed E-state index contributed by atoms with van der Waals surface area (Å²) in [6.45, 7) is 5.54. The van der Waals surface area contributed by atoms with Crippen LogP contribution in [0.4, 0.5) is 5.69 Å². The van der Waals surface area contributed by atoms with E-state index >= 15 is 0 Å². The maximum atomic E-state index is 5.51. The molecule has 0 saturated carbocycles. The average molecular weight is 356 g/mol. The number of anilines is 1. The molecule has 3 aromatic carbocycles. The van der Waals surface area contributed by atoms with Crippen molar-refractivity contribution in [3.63, 3.8) is 0 Å². The summed E-state index contributed by atoms with van der Waals surface area (Å²) in [5.41, 5.74) is 7.90. The molecule has 0 atom stereocenters. The van der Waals surface area contributed by atoms with Crippen molar-refractivity contribution in [1.82, 2.24) is 4.98 Å². The number of morpholine rings is 1. The third-order valence-electron chi connectivity index (χ3n) is 5.23. The van der Waals surface area contributed by atoms with Crippen LogP contribution in [0.2, 0.25) is 0 Å². The molecule has 1 aliphatic heterocycles. The maximum Gasteiger partial charge on any atom is 0.239 e. The number of rotatable bonds is 2. The van der Waals surface area contributed by atoms with Gasteiger partial charge in [0.1, 0.15) is 11.0 Å². The Bertz CT molecular complexity index is 1120. The Kier molecular flexibility index (Phi) is 3.98. The molecular weight excluding hydrogens is 334 g/mol. The second-order valence-corrected chi connectivity index (χ2v) is 7.04. The van der Waals surface area contributed by atoms with Gasteiger partial charge in [-0.2, -0.15) is 0 Å². The largest absolute Gasteiger partial charge is 0.378 e. The van der Waals surface area contributed by atoms with Gasteiger partial charge in [0.15, 0.2) is 0 Å². The lowest BCUT2D eigenvalue weighted by molar-refractivity contribution is -0.538. The Balaban J connectivity index is 1.79. The van der Waals surface area contributed by atoms with Crippen LogP contribution in [0.15, 0.2) is 66.7 Å². The van der Waals surface area contributed by atoms with Crippen molar-refractivity contribution in [2.24, 2.45) is 0 Å². The number of aromatic nitrogens is 2. The predicted octanol–water partition coefficient (Wildman–Crippen LogP) is 3.81. The Morgan fingerprint density at radius 3 is 2.41 bits per heavy atom. The summed E-state index contributed by atoms with van der Waals surface area (Å²) < 4.78 is 7.83. The van der Waals surface area contributed by atoms with Crippen LogP contribution in [-0.2, 0) is 4.74 Å². The SMILES string of the molecule is Cc1ccc(-[n+]2c3ccccc3nc3ccc(N4CCOCC4)cc32)cc1. The third kappa shape index (κ3) is 2.92. The predicted molar refractivity (Wildman–Crippen MR) is 109 cm³/mol. The highest BCUT2D eigenvalue weighted by molar-refractivity contribution is 5.84. The molecular formula is C23H22N3O+. The molecule has 4 heteroatoms. The van der Waals surface area contributed by atoms with Crippen molar-refractivity contribution < 1.29 is 9.30 Å². The average Bonchev–Trinajstić information content (AvgIpc) is 2.73. The van der Waals surface area contributed by atoms with E-state index in [1.165, 1.54) is 11.3 Å². The van der Waals surface area contributed by atoms with Gasteiger partial charge in [-0.15, -0.1) is 4.57 Å². The standard InChI is InChI=1S/C23H22N3O/c1-17-6-8-18(9-7-17)26-22-5-3-2-4-20(22)24-21-11-10-19(16-23(21)26)25-12-14-27-15-13-25/h2-11,16H,12-15H2,1H3/q+1. The molecule has 1 aliphatic rings. The van der Waals surface area contributed by atoms with Crippen molar-refractivity contribution in [3.05, 3.63) is 72.3 Å². The maximum absolute atomic E-state index is 5.51. The van der Waals surface area contributed by atoms with Crippen molar-refractivity contribution in [2.45, 2.75) is 6.92 Å². The van der Waals surface area contributed by atoms with Gasteiger partial charge in [0.2, 0.25) is 16.7 Å². The molecule has 1 aromatic heterocycles. The van der Waals surface area contributed by atoms with E-state index in [-0.39, 0.29) is 0 Å². The van der Waals surface area contributed by atoms with Crippen LogP contribution in [0.1, 0.15) is 5.56 Å². The first-order chi connectivity index (χ1) is 13.3. The van der Waals surface area contributed by atoms with Crippen molar-refractivity contribution >= 4 is 27.8 Å². The molecule has 1 saturated heterocycles. The van der Waals surface area contributed by atoms with Gasteiger partial charge >= 0.3 is 0 Å². The van der Waals surface area contributed by atoms with Gasteiger partial charge < -0.3 is 9.64 Å². The Hall–Kier alpha value is -2.98. The molecule has 0 unspecified atom stereocenters. The van der Waals surface area contributed by atoms with Crippen LogP contribution in [0.3, 0.4) is 0 Å². The Labute approximate surface area is 158 Å². The minimum Gasteiger partial charge on any atom is -0.378 e. The van der Waals surface area contributed by atoms with Crippen LogP contribution in [0.5, 0.6) is 0 Å². The summed E-state index contributed by atoms with van der Waals surface area (Å²) in [7, 11) is 0. The molecule has 2 heterocycles. The normalized spacial score (nSPS) is 14.8. The zero-order valence-corrected chi connectivity index (χ0v) is 15.4. The molecule has 5 rings (SSSR count). The number of para-hydroxylation sites is 2. The van der Waals surface area contributed by atoms with Gasteiger partial charge in [-0.3, -0.25) is 0 Å². The van der Waals surface area contributed by atoms with E-state index in [1.54, 1.807) is 0 Å². The molecule has 1 fully saturated rings. The van der Waals surface area contributed by atoms with Crippen molar-refractivity contribution in [1.29, 1.82) is 0 Å². The van der Waals surface area contributed by atoms with Crippen molar-refractivity contribution in [2.75, 3.05) is 31.2 Å². The minimum atomic E-state index is 0.784. The number of aryl methyl sites for hydroxylation is 1. The Morgan fingerprint density at radius 1 is 0.852 bits per heavy atom. The number of hydrogen-bond donors (Lipinski definition) is 0. The summed E-state index contributed by atoms with van der Waals surface area (Å²) >= 11 is 0. The van der Waals surface area contributed by atoms with Gasteiger partial charge in [0, 0.05) is 43.0 Å². The number of fused-ring (bicyclic) bond motifs is 2. The number of nitrogens with zero attached hydrogens (tertiary/aromatic N) is 3. The van der Waals surface area contributed by atoms with Gasteiger partial charge in [-0.05, 0) is 25.1 Å². The van der Waals surface area contributed by atoms with E-state index in [2.05, 4.69) is 77.1 Å². The minimum absolute atomic E-state index is 0.784. The highest BCUT2D eigenvalue weighted by atomic mass is 16.5. The van der Waals surface area contributed by atoms with Crippen LogP contribution in [-0.4, -0.2) is 31.3 Å². The summed E-state index contributed by atoms with van der Waals surface area (Å²) in [6, 6.07) is 23.6. The highest BCUT2D eigenvalue weighted by Gasteiger charge is 2.21. The summed E-state index contributed by atoms with van der Waals surface area (Å²) in [4.78, 5) is 7.29. The topological polar surface area (TPSA) is 29.2 Å². The fourth-order valence-electron chi connectivity index (χ4n) is 3.78. The second-order valence-electron chi connectivity index (χ2n) is 7.04. The molecule has 0 radical (unpaired) electrons. The highest BCUT2D eigenvalue weighted by Crippen LogP contribution is 2.23. The molecule has 0 aliphatic carbocycles. The lowest BCUT2D eigenvalue weighted by Gasteiger charge is -2.28. The number of ether oxygens (including phenoxy) is 1. The zero-order valence-electron chi connectivity index (χ0n) is 15.4. The molecule has 0 N–H and O–H groups in total. The van der Waals surface area contributed by atoms with Crippen LogP contribution < -0.4 is 9.47 Å². The Morgan fingerprint density at radius 2 is 1.59 bits per heavy atom. The summed E-state index contributed by atoms with van der Waals surface area (Å²) in [5, 5.41) is 0. The van der Waals surface area contributed by atoms with E-state index in [1.807, 2.05) is 6.07 Å². The van der Waals surface area contributed by atoms with Crippen LogP contribution >= 0.6 is 0 Å². The second kappa shape index (κ2) is 6.63. The monoisotopic (exact) mass is 356 g/mol. The van der Waals surface area contributed by atoms with Gasteiger partial charge in [0.05, 0.1) is 13.2 Å². The molecule has 0 spiro atoms.